The first-order chi connectivity index (χ1) is 16.4. The Bertz CT molecular complexity index is 1230. The van der Waals surface area contributed by atoms with Gasteiger partial charge < -0.3 is 9.64 Å². The topological polar surface area (TPSA) is 107 Å². The van der Waals surface area contributed by atoms with Crippen molar-refractivity contribution in [1.29, 1.82) is 0 Å². The Labute approximate surface area is 203 Å². The molecule has 0 bridgehead atoms. The third-order valence-corrected chi connectivity index (χ3v) is 8.26. The second kappa shape index (κ2) is 10.6. The Balaban J connectivity index is 1.59. The zero-order chi connectivity index (χ0) is 24.1. The highest BCUT2D eigenvalue weighted by Crippen LogP contribution is 2.29. The van der Waals surface area contributed by atoms with Crippen molar-refractivity contribution in [2.75, 3.05) is 30.4 Å². The maximum Gasteiger partial charge on any atom is 0.233 e. The summed E-state index contributed by atoms with van der Waals surface area (Å²) in [6.45, 7) is 4.84. The highest BCUT2D eigenvalue weighted by atomic mass is 32.2. The number of thioether (sulfide) groups is 1. The van der Waals surface area contributed by atoms with E-state index in [1.54, 1.807) is 17.3 Å². The van der Waals surface area contributed by atoms with Crippen molar-refractivity contribution in [1.82, 2.24) is 24.6 Å². The molecule has 0 radical (unpaired) electrons. The fourth-order valence-electron chi connectivity index (χ4n) is 4.00. The van der Waals surface area contributed by atoms with Crippen LogP contribution in [0.1, 0.15) is 20.3 Å². The number of hydrogen-bond acceptors (Lipinski definition) is 8. The Kier molecular flexibility index (Phi) is 7.52. The molecule has 1 saturated heterocycles. The van der Waals surface area contributed by atoms with E-state index in [0.29, 0.717) is 30.6 Å². The second-order valence-corrected chi connectivity index (χ2v) is 11.0. The number of sulfone groups is 1. The molecule has 4 rings (SSSR count). The molecule has 0 N–H and O–H groups in total. The molecule has 34 heavy (non-hydrogen) atoms. The molecule has 1 aromatic carbocycles. The molecule has 0 aliphatic carbocycles. The predicted molar refractivity (Wildman–Crippen MR) is 131 cm³/mol. The molecule has 2 aromatic heterocycles. The van der Waals surface area contributed by atoms with E-state index >= 15 is 0 Å². The third-order valence-electron chi connectivity index (χ3n) is 5.59. The van der Waals surface area contributed by atoms with E-state index in [-0.39, 0.29) is 29.2 Å². The smallest absolute Gasteiger partial charge is 0.233 e. The van der Waals surface area contributed by atoms with Gasteiger partial charge in [-0.05, 0) is 56.7 Å². The van der Waals surface area contributed by atoms with Crippen LogP contribution >= 0.6 is 11.8 Å². The quantitative estimate of drug-likeness (QED) is 0.412. The summed E-state index contributed by atoms with van der Waals surface area (Å²) in [5.74, 6) is 1.56. The predicted octanol–water partition coefficient (Wildman–Crippen LogP) is 2.86. The van der Waals surface area contributed by atoms with Crippen molar-refractivity contribution in [3.8, 4) is 22.8 Å². The molecule has 1 aliphatic heterocycles. The lowest BCUT2D eigenvalue weighted by Gasteiger charge is -2.26. The lowest BCUT2D eigenvalue weighted by atomic mass is 10.2. The number of amides is 1. The number of nitrogens with zero attached hydrogens (tertiary/aromatic N) is 5. The van der Waals surface area contributed by atoms with Gasteiger partial charge in [-0.15, -0.1) is 10.2 Å². The Morgan fingerprint density at radius 2 is 2.00 bits per heavy atom. The summed E-state index contributed by atoms with van der Waals surface area (Å²) in [5, 5.41) is 9.29. The van der Waals surface area contributed by atoms with Gasteiger partial charge in [-0.25, -0.2) is 8.42 Å². The average molecular weight is 502 g/mol. The first kappa shape index (κ1) is 24.2. The van der Waals surface area contributed by atoms with Gasteiger partial charge in [0.05, 0.1) is 23.9 Å². The van der Waals surface area contributed by atoms with Gasteiger partial charge in [-0.2, -0.15) is 0 Å². The van der Waals surface area contributed by atoms with Crippen molar-refractivity contribution >= 4 is 27.5 Å². The number of carbonyl (C=O) groups is 1. The third kappa shape index (κ3) is 5.41. The summed E-state index contributed by atoms with van der Waals surface area (Å²) in [5.41, 5.74) is 1.63. The summed E-state index contributed by atoms with van der Waals surface area (Å²) in [7, 11) is -3.07. The normalized spacial score (nSPS) is 16.9. The standard InChI is InChI=1S/C23H27N5O4S2/c1-3-27(19-11-13-34(30,31)16-19)21(29)15-33-23-26-25-22(17-6-5-12-24-14-17)28(23)18-7-9-20(10-8-18)32-4-2/h5-10,12,14,19H,3-4,11,13,15-16H2,1-2H3/t19-/m1/s1. The van der Waals surface area contributed by atoms with Crippen LogP contribution in [-0.2, 0) is 14.6 Å². The van der Waals surface area contributed by atoms with Gasteiger partial charge in [-0.1, -0.05) is 11.8 Å². The van der Waals surface area contributed by atoms with Gasteiger partial charge in [-0.3, -0.25) is 14.3 Å². The van der Waals surface area contributed by atoms with Crippen LogP contribution < -0.4 is 4.74 Å². The number of pyridine rings is 1. The monoisotopic (exact) mass is 501 g/mol. The van der Waals surface area contributed by atoms with E-state index < -0.39 is 9.84 Å². The highest BCUT2D eigenvalue weighted by Gasteiger charge is 2.34. The van der Waals surface area contributed by atoms with Gasteiger partial charge in [0.15, 0.2) is 20.8 Å². The molecule has 1 fully saturated rings. The van der Waals surface area contributed by atoms with Gasteiger partial charge in [0.2, 0.25) is 5.91 Å². The van der Waals surface area contributed by atoms with Crippen molar-refractivity contribution in [3.05, 3.63) is 48.8 Å². The lowest BCUT2D eigenvalue weighted by Crippen LogP contribution is -2.42. The lowest BCUT2D eigenvalue weighted by molar-refractivity contribution is -0.129. The van der Waals surface area contributed by atoms with Gasteiger partial charge in [0.25, 0.3) is 0 Å². The maximum absolute atomic E-state index is 13.0. The number of ether oxygens (including phenoxy) is 1. The van der Waals surface area contributed by atoms with Crippen LogP contribution in [0.5, 0.6) is 5.75 Å². The number of carbonyl (C=O) groups excluding carboxylic acids is 1. The van der Waals surface area contributed by atoms with Crippen LogP contribution in [0.3, 0.4) is 0 Å². The molecule has 3 heterocycles. The first-order valence-electron chi connectivity index (χ1n) is 11.1. The van der Waals surface area contributed by atoms with Crippen molar-refractivity contribution in [3.63, 3.8) is 0 Å². The van der Waals surface area contributed by atoms with E-state index in [0.717, 1.165) is 17.0 Å². The molecular weight excluding hydrogens is 474 g/mol. The Morgan fingerprint density at radius 3 is 2.62 bits per heavy atom. The fraction of sp³-hybridized carbons (Fsp3) is 0.391. The van der Waals surface area contributed by atoms with Crippen LogP contribution in [0.15, 0.2) is 53.9 Å². The molecule has 180 valence electrons. The minimum absolute atomic E-state index is 0.0325. The van der Waals surface area contributed by atoms with Crippen LogP contribution in [0, 0.1) is 0 Å². The van der Waals surface area contributed by atoms with E-state index in [9.17, 15) is 13.2 Å². The molecule has 0 saturated carbocycles. The van der Waals surface area contributed by atoms with E-state index in [1.165, 1.54) is 11.8 Å². The van der Waals surface area contributed by atoms with E-state index in [2.05, 4.69) is 15.2 Å². The zero-order valence-corrected chi connectivity index (χ0v) is 20.8. The molecule has 0 unspecified atom stereocenters. The maximum atomic E-state index is 13.0. The summed E-state index contributed by atoms with van der Waals surface area (Å²) in [6, 6.07) is 11.1. The molecule has 1 amide bonds. The number of benzene rings is 1. The molecule has 0 spiro atoms. The molecular formula is C23H27N5O4S2. The molecule has 1 atom stereocenters. The second-order valence-electron chi connectivity index (χ2n) is 7.84. The first-order valence-corrected chi connectivity index (χ1v) is 13.9. The zero-order valence-electron chi connectivity index (χ0n) is 19.1. The fourth-order valence-corrected chi connectivity index (χ4v) is 6.57. The Hall–Kier alpha value is -2.92. The van der Waals surface area contributed by atoms with E-state index in [4.69, 9.17) is 4.74 Å². The highest BCUT2D eigenvalue weighted by molar-refractivity contribution is 7.99. The van der Waals surface area contributed by atoms with Crippen molar-refractivity contribution in [2.24, 2.45) is 0 Å². The van der Waals surface area contributed by atoms with Crippen LogP contribution in [-0.4, -0.2) is 75.4 Å². The molecule has 9 nitrogen and oxygen atoms in total. The van der Waals surface area contributed by atoms with Crippen molar-refractivity contribution in [2.45, 2.75) is 31.5 Å². The molecule has 3 aromatic rings. The minimum Gasteiger partial charge on any atom is -0.494 e. The van der Waals surface area contributed by atoms with Crippen LogP contribution in [0.25, 0.3) is 17.1 Å². The number of rotatable bonds is 9. The van der Waals surface area contributed by atoms with Crippen molar-refractivity contribution < 1.29 is 17.9 Å². The van der Waals surface area contributed by atoms with Gasteiger partial charge in [0.1, 0.15) is 5.75 Å². The van der Waals surface area contributed by atoms with E-state index in [1.807, 2.05) is 54.8 Å². The SMILES string of the molecule is CCOc1ccc(-n2c(SCC(=O)N(CC)[C@@H]3CCS(=O)(=O)C3)nnc2-c2cccnc2)cc1. The Morgan fingerprint density at radius 1 is 1.21 bits per heavy atom. The minimum atomic E-state index is -3.07. The summed E-state index contributed by atoms with van der Waals surface area (Å²) in [6.07, 6.45) is 3.89. The summed E-state index contributed by atoms with van der Waals surface area (Å²) < 4.78 is 31.2. The number of hydrogen-bond donors (Lipinski definition) is 0. The largest absolute Gasteiger partial charge is 0.494 e. The summed E-state index contributed by atoms with van der Waals surface area (Å²) >= 11 is 1.28. The van der Waals surface area contributed by atoms with Gasteiger partial charge in [0, 0.05) is 36.2 Å². The van der Waals surface area contributed by atoms with Crippen LogP contribution in [0.4, 0.5) is 0 Å². The van der Waals surface area contributed by atoms with Gasteiger partial charge >= 0.3 is 0 Å². The summed E-state index contributed by atoms with van der Waals surface area (Å²) in [4.78, 5) is 18.9. The molecule has 1 aliphatic rings. The molecule has 11 heteroatoms. The average Bonchev–Trinajstić information content (AvgIpc) is 3.42. The van der Waals surface area contributed by atoms with Crippen LogP contribution in [0.2, 0.25) is 0 Å². The number of aromatic nitrogens is 4.